The molecule has 126 valence electrons. The summed E-state index contributed by atoms with van der Waals surface area (Å²) >= 11 is 1.83. The summed E-state index contributed by atoms with van der Waals surface area (Å²) in [6.07, 6.45) is 0.518. The number of fused-ring (bicyclic) bond motifs is 1. The van der Waals surface area contributed by atoms with Crippen LogP contribution in [-0.4, -0.2) is 24.8 Å². The predicted octanol–water partition coefficient (Wildman–Crippen LogP) is 4.47. The zero-order valence-corrected chi connectivity index (χ0v) is 15.1. The molecule has 0 spiro atoms. The lowest BCUT2D eigenvalue weighted by Gasteiger charge is -2.19. The van der Waals surface area contributed by atoms with Crippen LogP contribution in [0.25, 0.3) is 10.1 Å². The molecular formula is C18H26N2O2S. The summed E-state index contributed by atoms with van der Waals surface area (Å²) < 4.78 is 6.52. The highest BCUT2D eigenvalue weighted by molar-refractivity contribution is 7.19. The topological polar surface area (TPSA) is 50.4 Å². The standard InChI is InChI=1S/C18H26N2O2S/c1-13(16-12-14-8-5-6-9-15(14)23-16)19-10-7-11-20-17(21)22-18(2,3)4/h5-6,8-9,12-13,19H,7,10-11H2,1-4H3,(H,20,21). The van der Waals surface area contributed by atoms with Crippen molar-refractivity contribution in [3.8, 4) is 0 Å². The fraction of sp³-hybridized carbons (Fsp3) is 0.500. The molecule has 1 aromatic carbocycles. The van der Waals surface area contributed by atoms with Crippen molar-refractivity contribution >= 4 is 27.5 Å². The van der Waals surface area contributed by atoms with Gasteiger partial charge in [-0.2, -0.15) is 0 Å². The number of alkyl carbamates (subject to hydrolysis) is 1. The van der Waals surface area contributed by atoms with E-state index in [0.29, 0.717) is 12.6 Å². The van der Waals surface area contributed by atoms with Crippen molar-refractivity contribution in [2.24, 2.45) is 0 Å². The molecule has 4 nitrogen and oxygen atoms in total. The highest BCUT2D eigenvalue weighted by Gasteiger charge is 2.15. The molecule has 0 aliphatic heterocycles. The van der Waals surface area contributed by atoms with Gasteiger partial charge in [-0.05, 0) is 58.2 Å². The summed E-state index contributed by atoms with van der Waals surface area (Å²) in [5, 5.41) is 7.57. The Hall–Kier alpha value is -1.59. The van der Waals surface area contributed by atoms with E-state index in [2.05, 4.69) is 47.9 Å². The normalized spacial score (nSPS) is 13.0. The van der Waals surface area contributed by atoms with Gasteiger partial charge in [0.05, 0.1) is 0 Å². The lowest BCUT2D eigenvalue weighted by molar-refractivity contribution is 0.0527. The zero-order valence-electron chi connectivity index (χ0n) is 14.3. The Kier molecular flexibility index (Phi) is 6.02. The molecule has 0 aliphatic rings. The highest BCUT2D eigenvalue weighted by Crippen LogP contribution is 2.29. The average molecular weight is 334 g/mol. The number of ether oxygens (including phenoxy) is 1. The largest absolute Gasteiger partial charge is 0.444 e. The maximum atomic E-state index is 11.5. The Bertz CT molecular complexity index is 613. The van der Waals surface area contributed by atoms with Crippen LogP contribution in [0.5, 0.6) is 0 Å². The van der Waals surface area contributed by atoms with E-state index in [1.807, 2.05) is 32.1 Å². The molecule has 0 fully saturated rings. The van der Waals surface area contributed by atoms with Gasteiger partial charge >= 0.3 is 6.09 Å². The number of rotatable bonds is 6. The Morgan fingerprint density at radius 3 is 2.70 bits per heavy atom. The summed E-state index contributed by atoms with van der Waals surface area (Å²) in [6, 6.07) is 11.0. The molecule has 1 aromatic heterocycles. The van der Waals surface area contributed by atoms with Crippen LogP contribution in [0, 0.1) is 0 Å². The van der Waals surface area contributed by atoms with Crippen LogP contribution in [0.4, 0.5) is 4.79 Å². The molecule has 2 aromatic rings. The van der Waals surface area contributed by atoms with Gasteiger partial charge in [-0.25, -0.2) is 4.79 Å². The number of carbonyl (C=O) groups is 1. The quantitative estimate of drug-likeness (QED) is 0.767. The fourth-order valence-electron chi connectivity index (χ4n) is 2.23. The molecule has 0 bridgehead atoms. The molecule has 1 atom stereocenters. The molecule has 23 heavy (non-hydrogen) atoms. The molecule has 2 rings (SSSR count). The molecule has 0 aliphatic carbocycles. The van der Waals surface area contributed by atoms with Crippen molar-refractivity contribution in [1.29, 1.82) is 0 Å². The Morgan fingerprint density at radius 1 is 1.26 bits per heavy atom. The average Bonchev–Trinajstić information content (AvgIpc) is 2.88. The molecule has 0 radical (unpaired) electrons. The van der Waals surface area contributed by atoms with Crippen LogP contribution < -0.4 is 10.6 Å². The third kappa shape index (κ3) is 5.84. The maximum absolute atomic E-state index is 11.5. The van der Waals surface area contributed by atoms with Gasteiger partial charge in [-0.3, -0.25) is 0 Å². The van der Waals surface area contributed by atoms with Gasteiger partial charge in [0.25, 0.3) is 0 Å². The maximum Gasteiger partial charge on any atom is 0.407 e. The summed E-state index contributed by atoms with van der Waals surface area (Å²) in [5.74, 6) is 0. The van der Waals surface area contributed by atoms with Gasteiger partial charge in [0.2, 0.25) is 0 Å². The number of hydrogen-bond donors (Lipinski definition) is 2. The first-order valence-electron chi connectivity index (χ1n) is 8.04. The van der Waals surface area contributed by atoms with Gasteiger partial charge < -0.3 is 15.4 Å². The van der Waals surface area contributed by atoms with E-state index in [0.717, 1.165) is 13.0 Å². The van der Waals surface area contributed by atoms with Crippen molar-refractivity contribution in [3.05, 3.63) is 35.2 Å². The second kappa shape index (κ2) is 7.79. The molecule has 1 unspecified atom stereocenters. The van der Waals surface area contributed by atoms with Crippen LogP contribution in [0.15, 0.2) is 30.3 Å². The molecule has 0 saturated heterocycles. The zero-order chi connectivity index (χ0) is 16.9. The fourth-order valence-corrected chi connectivity index (χ4v) is 3.32. The van der Waals surface area contributed by atoms with Gasteiger partial charge in [-0.15, -0.1) is 11.3 Å². The van der Waals surface area contributed by atoms with Crippen molar-refractivity contribution in [3.63, 3.8) is 0 Å². The van der Waals surface area contributed by atoms with Crippen LogP contribution in [-0.2, 0) is 4.74 Å². The van der Waals surface area contributed by atoms with Gasteiger partial charge in [0.15, 0.2) is 0 Å². The Balaban J connectivity index is 1.69. The van der Waals surface area contributed by atoms with Crippen LogP contribution in [0.1, 0.15) is 45.0 Å². The first-order valence-corrected chi connectivity index (χ1v) is 8.85. The molecular weight excluding hydrogens is 308 g/mol. The summed E-state index contributed by atoms with van der Waals surface area (Å²) in [5.41, 5.74) is -0.446. The SMILES string of the molecule is CC(NCCCNC(=O)OC(C)(C)C)c1cc2ccccc2s1. The van der Waals surface area contributed by atoms with Gasteiger partial charge in [0.1, 0.15) is 5.60 Å². The second-order valence-electron chi connectivity index (χ2n) is 6.64. The van der Waals surface area contributed by atoms with Crippen LogP contribution >= 0.6 is 11.3 Å². The van der Waals surface area contributed by atoms with E-state index in [1.54, 1.807) is 0 Å². The number of amides is 1. The molecule has 1 heterocycles. The van der Waals surface area contributed by atoms with Gasteiger partial charge in [0, 0.05) is 22.2 Å². The minimum absolute atomic E-state index is 0.314. The highest BCUT2D eigenvalue weighted by atomic mass is 32.1. The third-order valence-corrected chi connectivity index (χ3v) is 4.64. The molecule has 5 heteroatoms. The number of thiophene rings is 1. The minimum Gasteiger partial charge on any atom is -0.444 e. The molecule has 0 saturated carbocycles. The Labute approximate surface area is 142 Å². The van der Waals surface area contributed by atoms with Gasteiger partial charge in [-0.1, -0.05) is 18.2 Å². The third-order valence-electron chi connectivity index (χ3n) is 3.34. The van der Waals surface area contributed by atoms with Crippen molar-refractivity contribution in [2.75, 3.05) is 13.1 Å². The Morgan fingerprint density at radius 2 is 2.00 bits per heavy atom. The van der Waals surface area contributed by atoms with E-state index < -0.39 is 5.60 Å². The summed E-state index contributed by atoms with van der Waals surface area (Å²) in [6.45, 7) is 9.22. The monoisotopic (exact) mass is 334 g/mol. The van der Waals surface area contributed by atoms with E-state index in [-0.39, 0.29) is 6.09 Å². The number of benzene rings is 1. The smallest absolute Gasteiger partial charge is 0.407 e. The van der Waals surface area contributed by atoms with Crippen molar-refractivity contribution in [2.45, 2.75) is 45.8 Å². The lowest BCUT2D eigenvalue weighted by atomic mass is 10.2. The molecule has 2 N–H and O–H groups in total. The first kappa shape index (κ1) is 17.8. The summed E-state index contributed by atoms with van der Waals surface area (Å²) in [4.78, 5) is 12.9. The van der Waals surface area contributed by atoms with Crippen LogP contribution in [0.3, 0.4) is 0 Å². The predicted molar refractivity (Wildman–Crippen MR) is 97.1 cm³/mol. The van der Waals surface area contributed by atoms with E-state index in [4.69, 9.17) is 4.74 Å². The first-order chi connectivity index (χ1) is 10.8. The lowest BCUT2D eigenvalue weighted by Crippen LogP contribution is -2.34. The number of carbonyl (C=O) groups excluding carboxylic acids is 1. The summed E-state index contributed by atoms with van der Waals surface area (Å²) in [7, 11) is 0. The van der Waals surface area contributed by atoms with E-state index >= 15 is 0 Å². The number of hydrogen-bond acceptors (Lipinski definition) is 4. The van der Waals surface area contributed by atoms with E-state index in [9.17, 15) is 4.79 Å². The van der Waals surface area contributed by atoms with Crippen molar-refractivity contribution in [1.82, 2.24) is 10.6 Å². The second-order valence-corrected chi connectivity index (χ2v) is 7.76. The van der Waals surface area contributed by atoms with Crippen LogP contribution in [0.2, 0.25) is 0 Å². The van der Waals surface area contributed by atoms with E-state index in [1.165, 1.54) is 15.0 Å². The minimum atomic E-state index is -0.446. The molecule has 1 amide bonds. The van der Waals surface area contributed by atoms with Crippen molar-refractivity contribution < 1.29 is 9.53 Å². The number of nitrogens with one attached hydrogen (secondary N) is 2.